The van der Waals surface area contributed by atoms with Gasteiger partial charge in [0.1, 0.15) is 35.2 Å². The number of amidine groups is 1. The summed E-state index contributed by atoms with van der Waals surface area (Å²) in [6.07, 6.45) is -1.64. The van der Waals surface area contributed by atoms with E-state index in [4.69, 9.17) is 15.7 Å². The molecule has 2 aromatic heterocycles. The van der Waals surface area contributed by atoms with Crippen LogP contribution in [0, 0.1) is 23.1 Å². The van der Waals surface area contributed by atoms with Gasteiger partial charge in [-0.2, -0.15) is 5.26 Å². The van der Waals surface area contributed by atoms with Crippen molar-refractivity contribution in [1.82, 2.24) is 9.97 Å². The summed E-state index contributed by atoms with van der Waals surface area (Å²) in [5.74, 6) is -2.64. The molecule has 3 N–H and O–H groups in total. The first-order valence-corrected chi connectivity index (χ1v) is 9.00. The quantitative estimate of drug-likeness (QED) is 0.788. The summed E-state index contributed by atoms with van der Waals surface area (Å²) in [4.78, 5) is 24.0. The molecule has 2 aromatic rings. The molecular formula is C19H15F3N6O2. The lowest BCUT2D eigenvalue weighted by Crippen LogP contribution is -2.58. The van der Waals surface area contributed by atoms with Gasteiger partial charge in [0.15, 0.2) is 5.54 Å². The Morgan fingerprint density at radius 2 is 2.13 bits per heavy atom. The fourth-order valence-electron chi connectivity index (χ4n) is 3.67. The van der Waals surface area contributed by atoms with Gasteiger partial charge in [-0.05, 0) is 37.1 Å². The smallest absolute Gasteiger partial charge is 0.283 e. The minimum Gasteiger partial charge on any atom is -0.462 e. The molecule has 0 bridgehead atoms. The molecule has 0 aromatic carbocycles. The van der Waals surface area contributed by atoms with Gasteiger partial charge in [0, 0.05) is 12.1 Å². The molecule has 154 valence electrons. The molecule has 3 atom stereocenters. The Morgan fingerprint density at radius 3 is 2.73 bits per heavy atom. The number of alkyl halides is 2. The molecule has 3 heterocycles. The minimum absolute atomic E-state index is 0.0300. The van der Waals surface area contributed by atoms with E-state index in [1.165, 1.54) is 18.3 Å². The topological polar surface area (TPSA) is 126 Å². The maximum absolute atomic E-state index is 14.7. The van der Waals surface area contributed by atoms with Gasteiger partial charge in [-0.15, -0.1) is 0 Å². The Bertz CT molecular complexity index is 1070. The van der Waals surface area contributed by atoms with Gasteiger partial charge < -0.3 is 15.8 Å². The van der Waals surface area contributed by atoms with Gasteiger partial charge in [-0.1, -0.05) is 0 Å². The van der Waals surface area contributed by atoms with Crippen molar-refractivity contribution in [2.75, 3.05) is 5.32 Å². The molecule has 1 fully saturated rings. The van der Waals surface area contributed by atoms with E-state index >= 15 is 0 Å². The third kappa shape index (κ3) is 3.10. The lowest BCUT2D eigenvalue weighted by atomic mass is 9.66. The molecule has 8 nitrogen and oxygen atoms in total. The molecule has 4 rings (SSSR count). The Balaban J connectivity index is 1.70. The number of rotatable bonds is 4. The van der Waals surface area contributed by atoms with Crippen LogP contribution in [0.25, 0.3) is 0 Å². The highest BCUT2D eigenvalue weighted by atomic mass is 19.3. The minimum atomic E-state index is -3.10. The summed E-state index contributed by atoms with van der Waals surface area (Å²) in [5.41, 5.74) is 2.91. The second-order valence-corrected chi connectivity index (χ2v) is 6.94. The number of hydrogen-bond donors (Lipinski definition) is 2. The van der Waals surface area contributed by atoms with Gasteiger partial charge >= 0.3 is 0 Å². The first kappa shape index (κ1) is 19.6. The standard InChI is InChI=1S/C19H15F3N6O2/c20-11-3-6-14(27-16(29)12-4-1-9(7-23)8-25-12)26-15(11)19(17(21)22)10-2-5-13(10)30-18(24)28-19/h1,3-4,6,8,10,13,17H,2,5H2,(H2,24,28)(H,26,27,29). The lowest BCUT2D eigenvalue weighted by molar-refractivity contribution is -0.0966. The monoisotopic (exact) mass is 416 g/mol. The van der Waals surface area contributed by atoms with E-state index in [0.717, 1.165) is 12.1 Å². The summed E-state index contributed by atoms with van der Waals surface area (Å²) in [6.45, 7) is 0. The van der Waals surface area contributed by atoms with Crippen molar-refractivity contribution in [2.24, 2.45) is 16.6 Å². The zero-order valence-electron chi connectivity index (χ0n) is 15.3. The van der Waals surface area contributed by atoms with Crippen LogP contribution in [0.2, 0.25) is 0 Å². The summed E-state index contributed by atoms with van der Waals surface area (Å²) >= 11 is 0. The predicted octanol–water partition coefficient (Wildman–Crippen LogP) is 2.32. The zero-order chi connectivity index (χ0) is 21.5. The first-order valence-electron chi connectivity index (χ1n) is 9.00. The highest BCUT2D eigenvalue weighted by Crippen LogP contribution is 2.52. The summed E-state index contributed by atoms with van der Waals surface area (Å²) in [7, 11) is 0. The number of halogens is 3. The van der Waals surface area contributed by atoms with E-state index in [9.17, 15) is 18.0 Å². The number of carbonyl (C=O) groups is 1. The SMILES string of the molecule is N#Cc1ccc(C(=O)Nc2ccc(F)c(C3(C(F)F)N=C(N)OC4CCC43)n2)nc1. The Kier molecular flexibility index (Phi) is 4.77. The molecule has 1 aliphatic carbocycles. The summed E-state index contributed by atoms with van der Waals surface area (Å²) in [6, 6.07) is 6.22. The summed E-state index contributed by atoms with van der Waals surface area (Å²) in [5, 5.41) is 11.2. The van der Waals surface area contributed by atoms with Crippen LogP contribution in [0.15, 0.2) is 35.5 Å². The number of ether oxygens (including phenoxy) is 1. The van der Waals surface area contributed by atoms with E-state index in [2.05, 4.69) is 20.3 Å². The number of aliphatic imine (C=N–C) groups is 1. The number of fused-ring (bicyclic) bond motifs is 1. The normalized spacial score (nSPS) is 24.7. The Labute approximate surface area is 168 Å². The van der Waals surface area contributed by atoms with E-state index in [1.807, 2.05) is 6.07 Å². The Morgan fingerprint density at radius 1 is 1.33 bits per heavy atom. The van der Waals surface area contributed by atoms with Crippen LogP contribution in [-0.2, 0) is 10.3 Å². The van der Waals surface area contributed by atoms with Gasteiger partial charge in [0.05, 0.1) is 5.56 Å². The third-order valence-corrected chi connectivity index (χ3v) is 5.27. The lowest BCUT2D eigenvalue weighted by Gasteiger charge is -2.49. The van der Waals surface area contributed by atoms with Crippen molar-refractivity contribution in [3.8, 4) is 6.07 Å². The van der Waals surface area contributed by atoms with Crippen LogP contribution in [-0.4, -0.2) is 34.4 Å². The highest BCUT2D eigenvalue weighted by molar-refractivity contribution is 6.02. The van der Waals surface area contributed by atoms with Crippen molar-refractivity contribution in [2.45, 2.75) is 30.9 Å². The molecule has 11 heteroatoms. The van der Waals surface area contributed by atoms with Crippen molar-refractivity contribution in [3.05, 3.63) is 53.2 Å². The maximum atomic E-state index is 14.7. The van der Waals surface area contributed by atoms with Crippen molar-refractivity contribution >= 4 is 17.7 Å². The van der Waals surface area contributed by atoms with Crippen LogP contribution in [0.5, 0.6) is 0 Å². The number of pyridine rings is 2. The molecule has 1 saturated carbocycles. The fourth-order valence-corrected chi connectivity index (χ4v) is 3.67. The van der Waals surface area contributed by atoms with Gasteiger partial charge in [-0.3, -0.25) is 4.79 Å². The second-order valence-electron chi connectivity index (χ2n) is 6.94. The number of carbonyl (C=O) groups excluding carboxylic acids is 1. The first-order chi connectivity index (χ1) is 14.3. The molecular weight excluding hydrogens is 401 g/mol. The molecule has 0 spiro atoms. The average molecular weight is 416 g/mol. The zero-order valence-corrected chi connectivity index (χ0v) is 15.3. The largest absolute Gasteiger partial charge is 0.462 e. The van der Waals surface area contributed by atoms with Gasteiger partial charge in [-0.25, -0.2) is 28.1 Å². The van der Waals surface area contributed by atoms with E-state index < -0.39 is 47.4 Å². The number of aromatic nitrogens is 2. The molecule has 1 amide bonds. The number of nitrogens with two attached hydrogens (primary N) is 1. The van der Waals surface area contributed by atoms with Crippen molar-refractivity contribution in [1.29, 1.82) is 5.26 Å². The number of nitrogens with zero attached hydrogens (tertiary/aromatic N) is 4. The molecule has 1 aliphatic heterocycles. The number of anilines is 1. The van der Waals surface area contributed by atoms with Crippen LogP contribution >= 0.6 is 0 Å². The molecule has 0 radical (unpaired) electrons. The third-order valence-electron chi connectivity index (χ3n) is 5.27. The number of amides is 1. The van der Waals surface area contributed by atoms with Crippen LogP contribution in [0.1, 0.15) is 34.6 Å². The molecule has 0 saturated heterocycles. The average Bonchev–Trinajstić information content (AvgIpc) is 2.71. The maximum Gasteiger partial charge on any atom is 0.283 e. The second kappa shape index (κ2) is 7.29. The van der Waals surface area contributed by atoms with Crippen LogP contribution in [0.4, 0.5) is 19.0 Å². The highest BCUT2D eigenvalue weighted by Gasteiger charge is 2.60. The van der Waals surface area contributed by atoms with Crippen LogP contribution in [0.3, 0.4) is 0 Å². The molecule has 30 heavy (non-hydrogen) atoms. The van der Waals surface area contributed by atoms with E-state index in [-0.39, 0.29) is 17.1 Å². The number of hydrogen-bond acceptors (Lipinski definition) is 7. The van der Waals surface area contributed by atoms with Crippen molar-refractivity contribution < 1.29 is 22.7 Å². The fraction of sp³-hybridized carbons (Fsp3) is 0.316. The van der Waals surface area contributed by atoms with Crippen LogP contribution < -0.4 is 11.1 Å². The predicted molar refractivity (Wildman–Crippen MR) is 98.0 cm³/mol. The van der Waals surface area contributed by atoms with Gasteiger partial charge in [0.25, 0.3) is 18.4 Å². The van der Waals surface area contributed by atoms with E-state index in [0.29, 0.717) is 12.8 Å². The Hall–Kier alpha value is -3.68. The van der Waals surface area contributed by atoms with Crippen molar-refractivity contribution in [3.63, 3.8) is 0 Å². The molecule has 3 unspecified atom stereocenters. The summed E-state index contributed by atoms with van der Waals surface area (Å²) < 4.78 is 48.4. The molecule has 2 aliphatic rings. The number of nitriles is 1. The van der Waals surface area contributed by atoms with Gasteiger partial charge in [0.2, 0.25) is 0 Å². The van der Waals surface area contributed by atoms with E-state index in [1.54, 1.807) is 0 Å². The number of nitrogens with one attached hydrogen (secondary N) is 1.